The predicted octanol–water partition coefficient (Wildman–Crippen LogP) is 3.97. The quantitative estimate of drug-likeness (QED) is 0.775. The minimum absolute atomic E-state index is 0.0782. The fraction of sp³-hybridized carbons (Fsp3) is 0.333. The maximum absolute atomic E-state index is 11.6. The molecule has 0 saturated carbocycles. The Kier molecular flexibility index (Phi) is 4.32. The van der Waals surface area contributed by atoms with Crippen molar-refractivity contribution in [2.75, 3.05) is 6.61 Å². The molecule has 2 rings (SSSR count). The van der Waals surface area contributed by atoms with E-state index < -0.39 is 0 Å². The zero-order valence-corrected chi connectivity index (χ0v) is 12.2. The second-order valence-electron chi connectivity index (χ2n) is 4.13. The van der Waals surface area contributed by atoms with Crippen LogP contribution in [0.4, 0.5) is 0 Å². The van der Waals surface area contributed by atoms with Gasteiger partial charge in [-0.3, -0.25) is 4.79 Å². The van der Waals surface area contributed by atoms with Gasteiger partial charge >= 0.3 is 0 Å². The van der Waals surface area contributed by atoms with Crippen molar-refractivity contribution in [3.8, 4) is 16.3 Å². The topological polar surface area (TPSA) is 39.2 Å². The first-order valence-corrected chi connectivity index (χ1v) is 7.21. The van der Waals surface area contributed by atoms with E-state index in [1.165, 1.54) is 11.3 Å². The molecule has 19 heavy (non-hydrogen) atoms. The van der Waals surface area contributed by atoms with E-state index in [4.69, 9.17) is 4.74 Å². The van der Waals surface area contributed by atoms with E-state index >= 15 is 0 Å². The monoisotopic (exact) mass is 275 g/mol. The van der Waals surface area contributed by atoms with Gasteiger partial charge in [0.25, 0.3) is 0 Å². The molecule has 0 spiro atoms. The number of benzene rings is 1. The third kappa shape index (κ3) is 2.84. The third-order valence-electron chi connectivity index (χ3n) is 2.77. The van der Waals surface area contributed by atoms with Crippen LogP contribution < -0.4 is 4.74 Å². The van der Waals surface area contributed by atoms with E-state index in [0.29, 0.717) is 6.61 Å². The van der Waals surface area contributed by atoms with Gasteiger partial charge in [-0.1, -0.05) is 19.1 Å². The van der Waals surface area contributed by atoms with Crippen LogP contribution in [0, 0.1) is 0 Å². The van der Waals surface area contributed by atoms with Gasteiger partial charge in [0.05, 0.1) is 22.7 Å². The zero-order chi connectivity index (χ0) is 13.8. The molecule has 1 aromatic carbocycles. The summed E-state index contributed by atoms with van der Waals surface area (Å²) in [4.78, 5) is 17.0. The number of carbonyl (C=O) groups excluding carboxylic acids is 1. The minimum Gasteiger partial charge on any atom is -0.493 e. The van der Waals surface area contributed by atoms with Gasteiger partial charge in [0.15, 0.2) is 5.78 Å². The molecule has 0 saturated heterocycles. The molecule has 3 nitrogen and oxygen atoms in total. The standard InChI is InChI=1S/C15H17NO2S/c1-4-12-14(10(3)17)19-15(16-12)11-8-6-7-9-13(11)18-5-2/h6-9H,4-5H2,1-3H3. The zero-order valence-electron chi connectivity index (χ0n) is 11.4. The number of thiazole rings is 1. The molecule has 0 fully saturated rings. The van der Waals surface area contributed by atoms with Gasteiger partial charge in [0.1, 0.15) is 10.8 Å². The Balaban J connectivity index is 2.50. The SMILES string of the molecule is CCOc1ccccc1-c1nc(CC)c(C(C)=O)s1. The van der Waals surface area contributed by atoms with Crippen molar-refractivity contribution in [2.24, 2.45) is 0 Å². The number of ketones is 1. The van der Waals surface area contributed by atoms with Crippen molar-refractivity contribution in [3.63, 3.8) is 0 Å². The van der Waals surface area contributed by atoms with Crippen molar-refractivity contribution in [3.05, 3.63) is 34.8 Å². The normalized spacial score (nSPS) is 10.5. The molecule has 100 valence electrons. The largest absolute Gasteiger partial charge is 0.493 e. The van der Waals surface area contributed by atoms with E-state index in [2.05, 4.69) is 4.98 Å². The van der Waals surface area contributed by atoms with Crippen LogP contribution in [0.1, 0.15) is 36.1 Å². The molecule has 2 aromatic rings. The van der Waals surface area contributed by atoms with Crippen LogP contribution in [0.5, 0.6) is 5.75 Å². The average molecular weight is 275 g/mol. The van der Waals surface area contributed by atoms with Gasteiger partial charge in [-0.15, -0.1) is 11.3 Å². The predicted molar refractivity (Wildman–Crippen MR) is 78.1 cm³/mol. The number of carbonyl (C=O) groups is 1. The minimum atomic E-state index is 0.0782. The Morgan fingerprint density at radius 1 is 1.32 bits per heavy atom. The number of hydrogen-bond donors (Lipinski definition) is 0. The summed E-state index contributed by atoms with van der Waals surface area (Å²) in [6.07, 6.45) is 0.766. The lowest BCUT2D eigenvalue weighted by atomic mass is 10.2. The number of rotatable bonds is 5. The molecule has 0 aliphatic heterocycles. The van der Waals surface area contributed by atoms with Crippen molar-refractivity contribution >= 4 is 17.1 Å². The number of aryl methyl sites for hydroxylation is 1. The summed E-state index contributed by atoms with van der Waals surface area (Å²) in [6, 6.07) is 7.81. The summed E-state index contributed by atoms with van der Waals surface area (Å²) < 4.78 is 5.62. The van der Waals surface area contributed by atoms with Gasteiger partial charge in [0.2, 0.25) is 0 Å². The van der Waals surface area contributed by atoms with Crippen LogP contribution in [0.3, 0.4) is 0 Å². The molecule has 0 bridgehead atoms. The van der Waals surface area contributed by atoms with Crippen molar-refractivity contribution < 1.29 is 9.53 Å². The van der Waals surface area contributed by atoms with Gasteiger partial charge in [-0.2, -0.15) is 0 Å². The summed E-state index contributed by atoms with van der Waals surface area (Å²) in [5, 5.41) is 0.853. The second kappa shape index (κ2) is 5.97. The highest BCUT2D eigenvalue weighted by molar-refractivity contribution is 7.17. The molecular weight excluding hydrogens is 258 g/mol. The Hall–Kier alpha value is -1.68. The van der Waals surface area contributed by atoms with Crippen LogP contribution in [0.25, 0.3) is 10.6 Å². The molecule has 1 aromatic heterocycles. The highest BCUT2D eigenvalue weighted by Crippen LogP contribution is 2.34. The second-order valence-corrected chi connectivity index (χ2v) is 5.13. The number of hydrogen-bond acceptors (Lipinski definition) is 4. The molecule has 0 aliphatic rings. The van der Waals surface area contributed by atoms with Crippen LogP contribution in [-0.4, -0.2) is 17.4 Å². The molecule has 4 heteroatoms. The molecular formula is C15H17NO2S. The maximum Gasteiger partial charge on any atom is 0.171 e. The Morgan fingerprint density at radius 3 is 2.63 bits per heavy atom. The summed E-state index contributed by atoms with van der Waals surface area (Å²) >= 11 is 1.44. The van der Waals surface area contributed by atoms with Gasteiger partial charge in [0, 0.05) is 6.92 Å². The molecule has 0 unspecified atom stereocenters. The van der Waals surface area contributed by atoms with Crippen LogP contribution in [0.15, 0.2) is 24.3 Å². The van der Waals surface area contributed by atoms with Crippen LogP contribution in [0.2, 0.25) is 0 Å². The summed E-state index contributed by atoms with van der Waals surface area (Å²) in [7, 11) is 0. The molecule has 0 N–H and O–H groups in total. The van der Waals surface area contributed by atoms with Gasteiger partial charge < -0.3 is 4.74 Å². The first-order valence-electron chi connectivity index (χ1n) is 6.40. The smallest absolute Gasteiger partial charge is 0.171 e. The molecule has 1 heterocycles. The van der Waals surface area contributed by atoms with E-state index in [0.717, 1.165) is 33.3 Å². The number of nitrogens with zero attached hydrogens (tertiary/aromatic N) is 1. The highest BCUT2D eigenvalue weighted by atomic mass is 32.1. The Bertz CT molecular complexity index is 590. The fourth-order valence-corrected chi connectivity index (χ4v) is 2.99. The van der Waals surface area contributed by atoms with Gasteiger partial charge in [-0.25, -0.2) is 4.98 Å². The lowest BCUT2D eigenvalue weighted by molar-refractivity contribution is 0.102. The molecule has 0 aliphatic carbocycles. The lowest BCUT2D eigenvalue weighted by Crippen LogP contribution is -1.94. The number of Topliss-reactive ketones (excluding diaryl/α,β-unsaturated/α-hetero) is 1. The van der Waals surface area contributed by atoms with E-state index in [1.54, 1.807) is 6.92 Å². The maximum atomic E-state index is 11.6. The van der Waals surface area contributed by atoms with Crippen molar-refractivity contribution in [1.29, 1.82) is 0 Å². The molecule has 0 radical (unpaired) electrons. The molecule has 0 atom stereocenters. The van der Waals surface area contributed by atoms with Crippen molar-refractivity contribution in [2.45, 2.75) is 27.2 Å². The Morgan fingerprint density at radius 2 is 2.05 bits per heavy atom. The summed E-state index contributed by atoms with van der Waals surface area (Å²) in [6.45, 7) is 6.17. The third-order valence-corrected chi connectivity index (χ3v) is 4.00. The average Bonchev–Trinajstić information content (AvgIpc) is 2.84. The summed E-state index contributed by atoms with van der Waals surface area (Å²) in [5.41, 5.74) is 1.83. The van der Waals surface area contributed by atoms with E-state index in [1.807, 2.05) is 38.1 Å². The van der Waals surface area contributed by atoms with Crippen LogP contribution in [-0.2, 0) is 6.42 Å². The van der Waals surface area contributed by atoms with Gasteiger partial charge in [-0.05, 0) is 25.5 Å². The first-order chi connectivity index (χ1) is 9.17. The highest BCUT2D eigenvalue weighted by Gasteiger charge is 2.16. The van der Waals surface area contributed by atoms with Crippen molar-refractivity contribution in [1.82, 2.24) is 4.98 Å². The van der Waals surface area contributed by atoms with E-state index in [9.17, 15) is 4.79 Å². The number of ether oxygens (including phenoxy) is 1. The molecule has 0 amide bonds. The van der Waals surface area contributed by atoms with Crippen LogP contribution >= 0.6 is 11.3 Å². The number of aromatic nitrogens is 1. The lowest BCUT2D eigenvalue weighted by Gasteiger charge is -2.07. The fourth-order valence-electron chi connectivity index (χ4n) is 1.91. The Labute approximate surface area is 117 Å². The summed E-state index contributed by atoms with van der Waals surface area (Å²) in [5.74, 6) is 0.894. The van der Waals surface area contributed by atoms with E-state index in [-0.39, 0.29) is 5.78 Å². The number of para-hydroxylation sites is 1. The first kappa shape index (κ1) is 13.7.